The van der Waals surface area contributed by atoms with Crippen LogP contribution in [0.3, 0.4) is 0 Å². The van der Waals surface area contributed by atoms with Crippen LogP contribution < -0.4 is 5.32 Å². The number of carbonyl (C=O) groups excluding carboxylic acids is 1. The molecule has 1 aromatic carbocycles. The average molecular weight is 241 g/mol. The molecule has 1 amide bonds. The Bertz CT molecular complexity index is 556. The molecule has 2 aliphatic rings. The number of hydrogen-bond donors (Lipinski definition) is 1. The van der Waals surface area contributed by atoms with Gasteiger partial charge in [0.2, 0.25) is 6.41 Å². The van der Waals surface area contributed by atoms with Gasteiger partial charge in [-0.1, -0.05) is 12.1 Å². The van der Waals surface area contributed by atoms with Gasteiger partial charge in [-0.25, -0.2) is 4.99 Å². The molecule has 1 heterocycles. The minimum absolute atomic E-state index is 0.671. The van der Waals surface area contributed by atoms with Crippen LogP contribution in [0.2, 0.25) is 0 Å². The molecule has 0 bridgehead atoms. The Hall–Kier alpha value is -1.97. The maximum absolute atomic E-state index is 10.5. The second kappa shape index (κ2) is 4.37. The molecule has 0 aromatic heterocycles. The van der Waals surface area contributed by atoms with Crippen LogP contribution in [-0.2, 0) is 4.79 Å². The van der Waals surface area contributed by atoms with E-state index in [4.69, 9.17) is 0 Å². The van der Waals surface area contributed by atoms with Crippen molar-refractivity contribution < 1.29 is 4.79 Å². The molecule has 1 aliphatic carbocycles. The second-order valence-electron chi connectivity index (χ2n) is 4.81. The van der Waals surface area contributed by atoms with E-state index in [2.05, 4.69) is 15.3 Å². The molecule has 18 heavy (non-hydrogen) atoms. The standard InChI is InChI=1S/C14H15N3O/c1-9-2-3-11(6-12(9)16-8-18)14-15-7-13(17-14)10-4-5-10/h2-3,6,8,10H,4-5,7H2,1H3,(H,16,18). The molecule has 1 N–H and O–H groups in total. The number of benzene rings is 1. The lowest BCUT2D eigenvalue weighted by molar-refractivity contribution is -0.105. The number of rotatable bonds is 4. The van der Waals surface area contributed by atoms with Crippen LogP contribution in [-0.4, -0.2) is 24.5 Å². The summed E-state index contributed by atoms with van der Waals surface area (Å²) in [6.07, 6.45) is 3.21. The van der Waals surface area contributed by atoms with Gasteiger partial charge in [-0.05, 0) is 37.3 Å². The van der Waals surface area contributed by atoms with Gasteiger partial charge in [-0.15, -0.1) is 0 Å². The van der Waals surface area contributed by atoms with E-state index in [0.29, 0.717) is 12.3 Å². The first kappa shape index (κ1) is 11.1. The topological polar surface area (TPSA) is 53.8 Å². The van der Waals surface area contributed by atoms with Gasteiger partial charge in [-0.3, -0.25) is 9.79 Å². The van der Waals surface area contributed by atoms with Crippen LogP contribution in [0.25, 0.3) is 0 Å². The molecule has 0 radical (unpaired) electrons. The van der Waals surface area contributed by atoms with E-state index in [1.807, 2.05) is 25.1 Å². The smallest absolute Gasteiger partial charge is 0.211 e. The Labute approximate surface area is 106 Å². The van der Waals surface area contributed by atoms with Crippen LogP contribution >= 0.6 is 0 Å². The first-order valence-corrected chi connectivity index (χ1v) is 6.21. The molecule has 0 saturated heterocycles. The largest absolute Gasteiger partial charge is 0.328 e. The minimum Gasteiger partial charge on any atom is -0.328 e. The zero-order chi connectivity index (χ0) is 12.5. The first-order chi connectivity index (χ1) is 8.78. The summed E-state index contributed by atoms with van der Waals surface area (Å²) >= 11 is 0. The van der Waals surface area contributed by atoms with Crippen molar-refractivity contribution in [1.82, 2.24) is 0 Å². The summed E-state index contributed by atoms with van der Waals surface area (Å²) in [6, 6.07) is 5.92. The Morgan fingerprint density at radius 2 is 2.22 bits per heavy atom. The van der Waals surface area contributed by atoms with E-state index in [1.54, 1.807) is 0 Å². The van der Waals surface area contributed by atoms with Gasteiger partial charge in [0.15, 0.2) is 5.84 Å². The zero-order valence-corrected chi connectivity index (χ0v) is 10.3. The van der Waals surface area contributed by atoms with E-state index < -0.39 is 0 Å². The predicted octanol–water partition coefficient (Wildman–Crippen LogP) is 2.17. The number of anilines is 1. The molecular weight excluding hydrogens is 226 g/mol. The summed E-state index contributed by atoms with van der Waals surface area (Å²) in [5.41, 5.74) is 4.05. The number of amides is 1. The number of hydrogen-bond acceptors (Lipinski definition) is 3. The van der Waals surface area contributed by atoms with Gasteiger partial charge >= 0.3 is 0 Å². The number of nitrogens with zero attached hydrogens (tertiary/aromatic N) is 2. The van der Waals surface area contributed by atoms with Crippen molar-refractivity contribution in [1.29, 1.82) is 0 Å². The number of nitrogens with one attached hydrogen (secondary N) is 1. The number of carbonyl (C=O) groups is 1. The van der Waals surface area contributed by atoms with Crippen molar-refractivity contribution in [2.24, 2.45) is 15.9 Å². The third-order valence-corrected chi connectivity index (χ3v) is 3.40. The summed E-state index contributed by atoms with van der Waals surface area (Å²) in [7, 11) is 0. The Kier molecular flexibility index (Phi) is 2.70. The molecule has 0 unspecified atom stereocenters. The van der Waals surface area contributed by atoms with Crippen molar-refractivity contribution >= 4 is 23.6 Å². The molecule has 4 heteroatoms. The summed E-state index contributed by atoms with van der Waals surface area (Å²) in [5, 5.41) is 2.70. The minimum atomic E-state index is 0.671. The van der Waals surface area contributed by atoms with Crippen molar-refractivity contribution in [2.75, 3.05) is 11.9 Å². The van der Waals surface area contributed by atoms with Crippen LogP contribution in [0.1, 0.15) is 24.0 Å². The molecule has 1 fully saturated rings. The van der Waals surface area contributed by atoms with Crippen molar-refractivity contribution in [3.05, 3.63) is 29.3 Å². The quantitative estimate of drug-likeness (QED) is 0.807. The lowest BCUT2D eigenvalue weighted by Crippen LogP contribution is -2.02. The van der Waals surface area contributed by atoms with Crippen LogP contribution in [0.15, 0.2) is 28.2 Å². The van der Waals surface area contributed by atoms with E-state index in [-0.39, 0.29) is 0 Å². The first-order valence-electron chi connectivity index (χ1n) is 6.21. The number of aliphatic imine (C=N–C) groups is 2. The van der Waals surface area contributed by atoms with Crippen LogP contribution in [0.5, 0.6) is 0 Å². The molecule has 1 aliphatic heterocycles. The molecule has 0 atom stereocenters. The third kappa shape index (κ3) is 2.06. The van der Waals surface area contributed by atoms with E-state index in [9.17, 15) is 4.79 Å². The highest BCUT2D eigenvalue weighted by atomic mass is 16.1. The van der Waals surface area contributed by atoms with E-state index in [0.717, 1.165) is 29.2 Å². The van der Waals surface area contributed by atoms with Gasteiger partial charge in [0.1, 0.15) is 0 Å². The van der Waals surface area contributed by atoms with Crippen molar-refractivity contribution in [3.63, 3.8) is 0 Å². The number of amidine groups is 1. The van der Waals surface area contributed by atoms with Gasteiger partial charge < -0.3 is 5.32 Å². The number of aryl methyl sites for hydroxylation is 1. The maximum atomic E-state index is 10.5. The van der Waals surface area contributed by atoms with E-state index in [1.165, 1.54) is 18.6 Å². The average Bonchev–Trinajstić information content (AvgIpc) is 3.11. The molecule has 4 nitrogen and oxygen atoms in total. The zero-order valence-electron chi connectivity index (χ0n) is 10.3. The fraction of sp³-hybridized carbons (Fsp3) is 0.357. The summed E-state index contributed by atoms with van der Waals surface area (Å²) in [4.78, 5) is 19.6. The molecule has 3 rings (SSSR count). The predicted molar refractivity (Wildman–Crippen MR) is 72.4 cm³/mol. The lowest BCUT2D eigenvalue weighted by atomic mass is 10.1. The van der Waals surface area contributed by atoms with Gasteiger partial charge in [0, 0.05) is 17.0 Å². The lowest BCUT2D eigenvalue weighted by Gasteiger charge is -2.06. The Morgan fingerprint density at radius 3 is 2.94 bits per heavy atom. The monoisotopic (exact) mass is 241 g/mol. The van der Waals surface area contributed by atoms with E-state index >= 15 is 0 Å². The molecule has 1 saturated carbocycles. The maximum Gasteiger partial charge on any atom is 0.211 e. The highest BCUT2D eigenvalue weighted by Crippen LogP contribution is 2.32. The Morgan fingerprint density at radius 1 is 1.39 bits per heavy atom. The SMILES string of the molecule is Cc1ccc(C2=NCC(C3CC3)=N2)cc1NC=O. The third-order valence-electron chi connectivity index (χ3n) is 3.40. The highest BCUT2D eigenvalue weighted by Gasteiger charge is 2.29. The molecule has 92 valence electrons. The van der Waals surface area contributed by atoms with Crippen LogP contribution in [0, 0.1) is 12.8 Å². The second-order valence-corrected chi connectivity index (χ2v) is 4.81. The molecular formula is C14H15N3O. The van der Waals surface area contributed by atoms with Crippen LogP contribution in [0.4, 0.5) is 5.69 Å². The van der Waals surface area contributed by atoms with Crippen molar-refractivity contribution in [3.8, 4) is 0 Å². The molecule has 1 aromatic rings. The summed E-state index contributed by atoms with van der Waals surface area (Å²) in [6.45, 7) is 2.70. The summed E-state index contributed by atoms with van der Waals surface area (Å²) in [5.74, 6) is 1.47. The van der Waals surface area contributed by atoms with Gasteiger partial charge in [0.05, 0.1) is 6.54 Å². The fourth-order valence-corrected chi connectivity index (χ4v) is 2.14. The Balaban J connectivity index is 1.88. The highest BCUT2D eigenvalue weighted by molar-refractivity contribution is 6.13. The van der Waals surface area contributed by atoms with Gasteiger partial charge in [-0.2, -0.15) is 0 Å². The fourth-order valence-electron chi connectivity index (χ4n) is 2.14. The van der Waals surface area contributed by atoms with Gasteiger partial charge in [0.25, 0.3) is 0 Å². The summed E-state index contributed by atoms with van der Waals surface area (Å²) < 4.78 is 0. The molecule has 0 spiro atoms. The normalized spacial score (nSPS) is 18.3. The van der Waals surface area contributed by atoms with Crippen molar-refractivity contribution in [2.45, 2.75) is 19.8 Å².